The Kier molecular flexibility index (Phi) is 3.42. The molecule has 2 nitrogen and oxygen atoms in total. The summed E-state index contributed by atoms with van der Waals surface area (Å²) in [6, 6.07) is 5.98. The molecule has 0 aliphatic carbocycles. The fourth-order valence-electron chi connectivity index (χ4n) is 0.928. The molecule has 1 unspecified atom stereocenters. The standard InChI is InChI=1S/C9H9BrFNO/c10-8(9(12)13)5-6-1-3-7(11)4-2-6/h1-4,8H,5H2,(H2,12,13). The number of halogens is 2. The molecule has 1 amide bonds. The number of nitrogens with two attached hydrogens (primary N) is 1. The zero-order valence-corrected chi connectivity index (χ0v) is 8.42. The molecule has 4 heteroatoms. The summed E-state index contributed by atoms with van der Waals surface area (Å²) in [7, 11) is 0. The molecule has 13 heavy (non-hydrogen) atoms. The summed E-state index contributed by atoms with van der Waals surface area (Å²) in [5.74, 6) is -0.696. The lowest BCUT2D eigenvalue weighted by Crippen LogP contribution is -2.24. The van der Waals surface area contributed by atoms with E-state index in [1.54, 1.807) is 12.1 Å². The van der Waals surface area contributed by atoms with Crippen LogP contribution in [-0.2, 0) is 11.2 Å². The Balaban J connectivity index is 2.64. The highest BCUT2D eigenvalue weighted by molar-refractivity contribution is 9.10. The van der Waals surface area contributed by atoms with Crippen LogP contribution in [0, 0.1) is 5.82 Å². The summed E-state index contributed by atoms with van der Waals surface area (Å²) in [6.45, 7) is 0. The number of hydrogen-bond donors (Lipinski definition) is 1. The smallest absolute Gasteiger partial charge is 0.231 e. The molecule has 1 aromatic carbocycles. The molecule has 0 aromatic heterocycles. The van der Waals surface area contributed by atoms with E-state index in [4.69, 9.17) is 5.73 Å². The third-order valence-corrected chi connectivity index (χ3v) is 2.41. The van der Waals surface area contributed by atoms with E-state index in [0.717, 1.165) is 5.56 Å². The maximum absolute atomic E-state index is 12.5. The first-order valence-corrected chi connectivity index (χ1v) is 4.69. The monoisotopic (exact) mass is 245 g/mol. The molecular formula is C9H9BrFNO. The topological polar surface area (TPSA) is 43.1 Å². The van der Waals surface area contributed by atoms with Gasteiger partial charge in [-0.2, -0.15) is 0 Å². The number of carbonyl (C=O) groups excluding carboxylic acids is 1. The average molecular weight is 246 g/mol. The minimum Gasteiger partial charge on any atom is -0.369 e. The first-order valence-electron chi connectivity index (χ1n) is 3.77. The van der Waals surface area contributed by atoms with E-state index in [9.17, 15) is 9.18 Å². The van der Waals surface area contributed by atoms with Crippen molar-refractivity contribution in [3.05, 3.63) is 35.6 Å². The van der Waals surface area contributed by atoms with Crippen LogP contribution in [0.5, 0.6) is 0 Å². The van der Waals surface area contributed by atoms with Gasteiger partial charge in [-0.05, 0) is 24.1 Å². The highest BCUT2D eigenvalue weighted by Crippen LogP contribution is 2.10. The Morgan fingerprint density at radius 1 is 1.46 bits per heavy atom. The number of amides is 1. The average Bonchev–Trinajstić information content (AvgIpc) is 2.08. The highest BCUT2D eigenvalue weighted by Gasteiger charge is 2.10. The second kappa shape index (κ2) is 4.37. The van der Waals surface area contributed by atoms with Gasteiger partial charge in [-0.15, -0.1) is 0 Å². The Morgan fingerprint density at radius 3 is 2.46 bits per heavy atom. The third kappa shape index (κ3) is 3.14. The van der Waals surface area contributed by atoms with Crippen LogP contribution in [0.15, 0.2) is 24.3 Å². The molecule has 0 aliphatic heterocycles. The molecule has 0 heterocycles. The number of rotatable bonds is 3. The lowest BCUT2D eigenvalue weighted by Gasteiger charge is -2.04. The van der Waals surface area contributed by atoms with E-state index in [1.807, 2.05) is 0 Å². The van der Waals surface area contributed by atoms with Crippen LogP contribution in [0.4, 0.5) is 4.39 Å². The second-order valence-corrected chi connectivity index (χ2v) is 3.81. The van der Waals surface area contributed by atoms with Gasteiger partial charge in [0.1, 0.15) is 5.82 Å². The van der Waals surface area contributed by atoms with Crippen molar-refractivity contribution in [2.75, 3.05) is 0 Å². The van der Waals surface area contributed by atoms with Gasteiger partial charge in [-0.1, -0.05) is 28.1 Å². The summed E-state index contributed by atoms with van der Waals surface area (Å²) >= 11 is 3.13. The molecule has 0 fully saturated rings. The Labute approximate surface area is 84.1 Å². The van der Waals surface area contributed by atoms with Gasteiger partial charge in [0.25, 0.3) is 0 Å². The van der Waals surface area contributed by atoms with E-state index in [1.165, 1.54) is 12.1 Å². The van der Waals surface area contributed by atoms with Gasteiger partial charge < -0.3 is 5.73 Å². The van der Waals surface area contributed by atoms with Gasteiger partial charge in [-0.25, -0.2) is 4.39 Å². The fraction of sp³-hybridized carbons (Fsp3) is 0.222. The lowest BCUT2D eigenvalue weighted by atomic mass is 10.1. The number of carbonyl (C=O) groups is 1. The normalized spacial score (nSPS) is 12.5. The molecule has 1 aromatic rings. The quantitative estimate of drug-likeness (QED) is 0.809. The number of alkyl halides is 1. The molecule has 0 bridgehead atoms. The largest absolute Gasteiger partial charge is 0.369 e. The van der Waals surface area contributed by atoms with E-state index < -0.39 is 10.7 Å². The van der Waals surface area contributed by atoms with Crippen LogP contribution in [-0.4, -0.2) is 10.7 Å². The number of hydrogen-bond acceptors (Lipinski definition) is 1. The van der Waals surface area contributed by atoms with Crippen LogP contribution in [0.2, 0.25) is 0 Å². The van der Waals surface area contributed by atoms with Crippen molar-refractivity contribution in [1.29, 1.82) is 0 Å². The van der Waals surface area contributed by atoms with E-state index in [0.29, 0.717) is 6.42 Å². The maximum atomic E-state index is 12.5. The fourth-order valence-corrected chi connectivity index (χ4v) is 1.30. The van der Waals surface area contributed by atoms with Gasteiger partial charge >= 0.3 is 0 Å². The molecule has 0 aliphatic rings. The molecule has 2 N–H and O–H groups in total. The van der Waals surface area contributed by atoms with Crippen molar-refractivity contribution < 1.29 is 9.18 Å². The van der Waals surface area contributed by atoms with E-state index in [2.05, 4.69) is 15.9 Å². The molecule has 1 rings (SSSR count). The summed E-state index contributed by atoms with van der Waals surface area (Å²) < 4.78 is 12.5. The molecule has 0 saturated heterocycles. The minimum atomic E-state index is -0.413. The molecular weight excluding hydrogens is 237 g/mol. The molecule has 1 atom stereocenters. The molecule has 0 radical (unpaired) electrons. The summed E-state index contributed by atoms with van der Waals surface area (Å²) in [5.41, 5.74) is 5.93. The van der Waals surface area contributed by atoms with Crippen LogP contribution in [0.1, 0.15) is 5.56 Å². The first kappa shape index (κ1) is 10.2. The van der Waals surface area contributed by atoms with E-state index in [-0.39, 0.29) is 5.82 Å². The van der Waals surface area contributed by atoms with Gasteiger partial charge in [0.05, 0.1) is 4.83 Å². The lowest BCUT2D eigenvalue weighted by molar-refractivity contribution is -0.117. The van der Waals surface area contributed by atoms with Crippen molar-refractivity contribution in [2.45, 2.75) is 11.2 Å². The minimum absolute atomic E-state index is 0.283. The molecule has 0 saturated carbocycles. The Morgan fingerprint density at radius 2 is 2.00 bits per heavy atom. The van der Waals surface area contributed by atoms with Gasteiger partial charge in [0.2, 0.25) is 5.91 Å². The third-order valence-electron chi connectivity index (χ3n) is 1.64. The summed E-state index contributed by atoms with van der Waals surface area (Å²) in [5, 5.41) is 0. The molecule has 0 spiro atoms. The zero-order chi connectivity index (χ0) is 9.84. The van der Waals surface area contributed by atoms with Crippen molar-refractivity contribution in [3.8, 4) is 0 Å². The second-order valence-electron chi connectivity index (χ2n) is 2.70. The van der Waals surface area contributed by atoms with Crippen molar-refractivity contribution in [1.82, 2.24) is 0 Å². The number of primary amides is 1. The van der Waals surface area contributed by atoms with Crippen LogP contribution in [0.3, 0.4) is 0 Å². The van der Waals surface area contributed by atoms with Gasteiger partial charge in [0, 0.05) is 0 Å². The SMILES string of the molecule is NC(=O)C(Br)Cc1ccc(F)cc1. The van der Waals surface area contributed by atoms with Gasteiger partial charge in [-0.3, -0.25) is 4.79 Å². The maximum Gasteiger partial charge on any atom is 0.231 e. The summed E-state index contributed by atoms with van der Waals surface area (Å²) in [4.78, 5) is 10.3. The Hall–Kier alpha value is -0.900. The predicted octanol–water partition coefficient (Wildman–Crippen LogP) is 1.62. The molecule has 70 valence electrons. The first-order chi connectivity index (χ1) is 6.09. The van der Waals surface area contributed by atoms with Crippen LogP contribution < -0.4 is 5.73 Å². The van der Waals surface area contributed by atoms with Crippen molar-refractivity contribution in [3.63, 3.8) is 0 Å². The van der Waals surface area contributed by atoms with Gasteiger partial charge in [0.15, 0.2) is 0 Å². The highest BCUT2D eigenvalue weighted by atomic mass is 79.9. The van der Waals surface area contributed by atoms with E-state index >= 15 is 0 Å². The van der Waals surface area contributed by atoms with Crippen molar-refractivity contribution in [2.24, 2.45) is 5.73 Å². The number of benzene rings is 1. The van der Waals surface area contributed by atoms with Crippen LogP contribution >= 0.6 is 15.9 Å². The predicted molar refractivity (Wildman–Crippen MR) is 52.0 cm³/mol. The Bertz CT molecular complexity index is 299. The summed E-state index contributed by atoms with van der Waals surface area (Å²) in [6.07, 6.45) is 0.482. The van der Waals surface area contributed by atoms with Crippen LogP contribution in [0.25, 0.3) is 0 Å². The zero-order valence-electron chi connectivity index (χ0n) is 6.84. The van der Waals surface area contributed by atoms with Crippen molar-refractivity contribution >= 4 is 21.8 Å².